The van der Waals surface area contributed by atoms with E-state index in [0.29, 0.717) is 0 Å². The van der Waals surface area contributed by atoms with Gasteiger partial charge in [0.05, 0.1) is 0 Å². The third kappa shape index (κ3) is 3.77. The van der Waals surface area contributed by atoms with Crippen LogP contribution in [0.1, 0.15) is 0 Å². The van der Waals surface area contributed by atoms with Gasteiger partial charge < -0.3 is 9.15 Å². The Kier molecular flexibility index (Phi) is 5.31. The number of hydrogen-bond donors (Lipinski definition) is 0. The molecule has 1 aromatic heterocycles. The van der Waals surface area contributed by atoms with Crippen LogP contribution in [0.25, 0.3) is 88.0 Å². The molecule has 2 heterocycles. The van der Waals surface area contributed by atoms with Gasteiger partial charge in [0.15, 0.2) is 0 Å². The highest BCUT2D eigenvalue weighted by atomic mass is 16.5. The van der Waals surface area contributed by atoms with Crippen molar-refractivity contribution in [3.05, 3.63) is 158 Å². The summed E-state index contributed by atoms with van der Waals surface area (Å²) in [5.74, 6) is 1.80. The largest absolute Gasteiger partial charge is 0.456 e. The van der Waals surface area contributed by atoms with Crippen molar-refractivity contribution in [3.63, 3.8) is 0 Å². The molecule has 1 aliphatic rings. The van der Waals surface area contributed by atoms with Gasteiger partial charge in [-0.2, -0.15) is 0 Å². The van der Waals surface area contributed by atoms with Gasteiger partial charge >= 0.3 is 0 Å². The highest BCUT2D eigenvalue weighted by molar-refractivity contribution is 6.19. The van der Waals surface area contributed by atoms with E-state index < -0.39 is 0 Å². The first-order chi connectivity index (χ1) is 22.8. The van der Waals surface area contributed by atoms with Crippen molar-refractivity contribution in [3.8, 4) is 56.0 Å². The number of ether oxygens (including phenoxy) is 1. The predicted octanol–water partition coefficient (Wildman–Crippen LogP) is 12.7. The highest BCUT2D eigenvalue weighted by Gasteiger charge is 2.21. The van der Waals surface area contributed by atoms with Crippen molar-refractivity contribution in [1.82, 2.24) is 0 Å². The minimum Gasteiger partial charge on any atom is -0.456 e. The van der Waals surface area contributed by atoms with Gasteiger partial charge in [0.1, 0.15) is 22.7 Å². The fourth-order valence-electron chi connectivity index (χ4n) is 7.30. The molecule has 2 nitrogen and oxygen atoms in total. The van der Waals surface area contributed by atoms with Crippen molar-refractivity contribution < 1.29 is 9.15 Å². The summed E-state index contributed by atoms with van der Waals surface area (Å²) in [5.41, 5.74) is 11.2. The third-order valence-corrected chi connectivity index (χ3v) is 9.41. The molecule has 0 amide bonds. The second kappa shape index (κ2) is 9.69. The minimum absolute atomic E-state index is 0.893. The van der Waals surface area contributed by atoms with Gasteiger partial charge in [-0.3, -0.25) is 0 Å². The quantitative estimate of drug-likeness (QED) is 0.205. The molecule has 8 aromatic carbocycles. The molecule has 0 spiro atoms. The Morgan fingerprint density at radius 1 is 0.348 bits per heavy atom. The molecular formula is C44H26O2. The van der Waals surface area contributed by atoms with Gasteiger partial charge in [-0.05, 0) is 104 Å². The Bertz CT molecular complexity index is 2660. The zero-order chi connectivity index (χ0) is 30.2. The fraction of sp³-hybridized carbons (Fsp3) is 0. The van der Waals surface area contributed by atoms with Gasteiger partial charge in [-0.25, -0.2) is 0 Å². The number of hydrogen-bond acceptors (Lipinski definition) is 2. The van der Waals surface area contributed by atoms with Crippen LogP contribution >= 0.6 is 0 Å². The first kappa shape index (κ1) is 25.2. The maximum Gasteiger partial charge on any atom is 0.143 e. The molecule has 214 valence electrons. The molecule has 10 rings (SSSR count). The molecule has 9 aromatic rings. The summed E-state index contributed by atoms with van der Waals surface area (Å²) >= 11 is 0. The van der Waals surface area contributed by atoms with Crippen molar-refractivity contribution in [1.29, 1.82) is 0 Å². The lowest BCUT2D eigenvalue weighted by molar-refractivity contribution is 0.487. The van der Waals surface area contributed by atoms with E-state index in [9.17, 15) is 0 Å². The average Bonchev–Trinajstić information content (AvgIpc) is 3.51. The second-order valence-electron chi connectivity index (χ2n) is 12.1. The van der Waals surface area contributed by atoms with Crippen molar-refractivity contribution in [2.24, 2.45) is 0 Å². The van der Waals surface area contributed by atoms with Gasteiger partial charge in [-0.1, -0.05) is 103 Å². The normalized spacial score (nSPS) is 12.1. The smallest absolute Gasteiger partial charge is 0.143 e. The van der Waals surface area contributed by atoms with Crippen LogP contribution in [-0.4, -0.2) is 0 Å². The van der Waals surface area contributed by atoms with Gasteiger partial charge in [0.2, 0.25) is 0 Å². The van der Waals surface area contributed by atoms with E-state index in [-0.39, 0.29) is 0 Å². The van der Waals surface area contributed by atoms with Gasteiger partial charge in [0, 0.05) is 27.1 Å². The Balaban J connectivity index is 1.25. The highest BCUT2D eigenvalue weighted by Crippen LogP contribution is 2.48. The molecular weight excluding hydrogens is 560 g/mol. The topological polar surface area (TPSA) is 22.4 Å². The summed E-state index contributed by atoms with van der Waals surface area (Å²) < 4.78 is 12.9. The molecule has 1 aliphatic heterocycles. The summed E-state index contributed by atoms with van der Waals surface area (Å²) in [4.78, 5) is 0. The summed E-state index contributed by atoms with van der Waals surface area (Å²) in [6, 6.07) is 56.2. The van der Waals surface area contributed by atoms with E-state index in [2.05, 4.69) is 152 Å². The van der Waals surface area contributed by atoms with Crippen LogP contribution in [0.2, 0.25) is 0 Å². The lowest BCUT2D eigenvalue weighted by atomic mass is 9.88. The first-order valence-electron chi connectivity index (χ1n) is 15.7. The molecule has 0 unspecified atom stereocenters. The molecule has 0 saturated heterocycles. The van der Waals surface area contributed by atoms with E-state index in [1.807, 2.05) is 6.07 Å². The van der Waals surface area contributed by atoms with Crippen LogP contribution in [-0.2, 0) is 0 Å². The molecule has 0 N–H and O–H groups in total. The minimum atomic E-state index is 0.893. The molecule has 46 heavy (non-hydrogen) atoms. The van der Waals surface area contributed by atoms with Crippen LogP contribution in [0.3, 0.4) is 0 Å². The van der Waals surface area contributed by atoms with E-state index in [0.717, 1.165) is 60.9 Å². The van der Waals surface area contributed by atoms with Crippen molar-refractivity contribution in [2.75, 3.05) is 0 Å². The third-order valence-electron chi connectivity index (χ3n) is 9.41. The molecule has 0 bridgehead atoms. The maximum atomic E-state index is 6.58. The number of benzene rings is 8. The molecule has 0 fully saturated rings. The molecule has 0 saturated carbocycles. The van der Waals surface area contributed by atoms with Crippen LogP contribution < -0.4 is 4.74 Å². The van der Waals surface area contributed by atoms with Crippen molar-refractivity contribution >= 4 is 43.5 Å². The lowest BCUT2D eigenvalue weighted by Gasteiger charge is -2.22. The molecule has 0 radical (unpaired) electrons. The van der Waals surface area contributed by atoms with Gasteiger partial charge in [-0.15, -0.1) is 0 Å². The Morgan fingerprint density at radius 3 is 1.98 bits per heavy atom. The van der Waals surface area contributed by atoms with Crippen LogP contribution in [0, 0.1) is 0 Å². The lowest BCUT2D eigenvalue weighted by Crippen LogP contribution is -1.97. The summed E-state index contributed by atoms with van der Waals surface area (Å²) in [6.07, 6.45) is 0. The average molecular weight is 587 g/mol. The molecule has 0 atom stereocenters. The van der Waals surface area contributed by atoms with Crippen LogP contribution in [0.5, 0.6) is 11.5 Å². The van der Waals surface area contributed by atoms with E-state index in [1.54, 1.807) is 0 Å². The number of furan rings is 1. The van der Waals surface area contributed by atoms with E-state index in [1.165, 1.54) is 38.6 Å². The predicted molar refractivity (Wildman–Crippen MR) is 191 cm³/mol. The van der Waals surface area contributed by atoms with E-state index in [4.69, 9.17) is 9.15 Å². The van der Waals surface area contributed by atoms with Gasteiger partial charge in [0.25, 0.3) is 0 Å². The zero-order valence-corrected chi connectivity index (χ0v) is 24.8. The summed E-state index contributed by atoms with van der Waals surface area (Å²) in [7, 11) is 0. The zero-order valence-electron chi connectivity index (χ0n) is 24.8. The second-order valence-corrected chi connectivity index (χ2v) is 12.1. The SMILES string of the molecule is c1ccc(-c2cc(-c3cc4c5c(cccc5c3)Oc3ccccc3-4)cc(-c3cccc4oc5c6ccccc6ccc5c34)c2)cc1. The Hall–Kier alpha value is -6.12. The summed E-state index contributed by atoms with van der Waals surface area (Å²) in [5, 5.41) is 6.92. The number of para-hydroxylation sites is 1. The maximum absolute atomic E-state index is 6.58. The Labute approximate surface area is 265 Å². The summed E-state index contributed by atoms with van der Waals surface area (Å²) in [6.45, 7) is 0. The van der Waals surface area contributed by atoms with Crippen LogP contribution in [0.4, 0.5) is 0 Å². The fourth-order valence-corrected chi connectivity index (χ4v) is 7.30. The van der Waals surface area contributed by atoms with E-state index >= 15 is 0 Å². The first-order valence-corrected chi connectivity index (χ1v) is 15.7. The number of fused-ring (bicyclic) bond motifs is 7. The Morgan fingerprint density at radius 2 is 1.04 bits per heavy atom. The molecule has 2 heteroatoms. The monoisotopic (exact) mass is 586 g/mol. The van der Waals surface area contributed by atoms with Crippen molar-refractivity contribution in [2.45, 2.75) is 0 Å². The molecule has 0 aliphatic carbocycles. The van der Waals surface area contributed by atoms with Crippen LogP contribution in [0.15, 0.2) is 162 Å². The number of rotatable bonds is 3. The standard InChI is InChI=1S/C44H26O2/c1-2-10-27(11-3-1)30-23-31(32-22-29-13-8-18-40-42(29)38(26-32)36-15-6-7-17-39(36)45-40)25-33(24-30)34-16-9-19-41-43(34)37-21-20-28-12-4-5-14-35(28)44(37)46-41/h1-26H.